The van der Waals surface area contributed by atoms with Crippen molar-refractivity contribution in [3.63, 3.8) is 0 Å². The number of piperidine rings is 1. The molecule has 1 spiro atoms. The zero-order chi connectivity index (χ0) is 18.2. The molecule has 1 unspecified atom stereocenters. The molecule has 3 fully saturated rings. The lowest BCUT2D eigenvalue weighted by Crippen LogP contribution is -2.54. The minimum Gasteiger partial charge on any atom is -0.379 e. The number of hydrogen-bond acceptors (Lipinski definition) is 5. The lowest BCUT2D eigenvalue weighted by Gasteiger charge is -2.44. The molecule has 0 N–H and O–H groups in total. The lowest BCUT2D eigenvalue weighted by atomic mass is 9.80. The molecule has 2 saturated heterocycles. The molecule has 2 aliphatic heterocycles. The first kappa shape index (κ1) is 17.2. The summed E-state index contributed by atoms with van der Waals surface area (Å²) in [6, 6.07) is 7.49. The normalized spacial score (nSPS) is 27.7. The van der Waals surface area contributed by atoms with Crippen LogP contribution in [0.15, 0.2) is 18.2 Å². The van der Waals surface area contributed by atoms with Gasteiger partial charge in [0.15, 0.2) is 5.67 Å². The summed E-state index contributed by atoms with van der Waals surface area (Å²) in [7, 11) is 0. The minimum atomic E-state index is -1.62. The van der Waals surface area contributed by atoms with Gasteiger partial charge in [-0.1, -0.05) is 6.07 Å². The number of carbonyl (C=O) groups excluding carboxylic acids is 1. The van der Waals surface area contributed by atoms with E-state index in [0.717, 1.165) is 18.7 Å². The Labute approximate surface area is 152 Å². The standard InChI is InChI=1S/C19H23FN4O2/c20-19(6-7-19)17(25)24-8-2-5-18(13-24)12-23(9-10-26-14-18)16-4-1-3-15(11-21)22-16/h1,3-4H,2,5-10,12-14H2. The molecule has 1 aliphatic carbocycles. The van der Waals surface area contributed by atoms with Gasteiger partial charge < -0.3 is 14.5 Å². The molecule has 1 aromatic heterocycles. The van der Waals surface area contributed by atoms with Crippen molar-refractivity contribution in [2.75, 3.05) is 44.3 Å². The first-order chi connectivity index (χ1) is 12.5. The molecular weight excluding hydrogens is 335 g/mol. The number of aromatic nitrogens is 1. The van der Waals surface area contributed by atoms with Crippen LogP contribution in [-0.2, 0) is 9.53 Å². The first-order valence-electron chi connectivity index (χ1n) is 9.22. The minimum absolute atomic E-state index is 0.222. The molecule has 3 heterocycles. The average molecular weight is 358 g/mol. The van der Waals surface area contributed by atoms with E-state index in [4.69, 9.17) is 10.00 Å². The second kappa shape index (κ2) is 6.51. The highest BCUT2D eigenvalue weighted by Gasteiger charge is 2.54. The summed E-state index contributed by atoms with van der Waals surface area (Å²) >= 11 is 0. The molecule has 138 valence electrons. The van der Waals surface area contributed by atoms with Gasteiger partial charge in [0.1, 0.15) is 17.6 Å². The third kappa shape index (κ3) is 3.26. The van der Waals surface area contributed by atoms with Crippen molar-refractivity contribution in [2.45, 2.75) is 31.4 Å². The number of ether oxygens (including phenoxy) is 1. The topological polar surface area (TPSA) is 69.5 Å². The Morgan fingerprint density at radius 2 is 2.12 bits per heavy atom. The number of hydrogen-bond donors (Lipinski definition) is 0. The number of nitrogens with zero attached hydrogens (tertiary/aromatic N) is 4. The number of carbonyl (C=O) groups is 1. The molecule has 1 saturated carbocycles. The molecule has 1 aromatic rings. The van der Waals surface area contributed by atoms with Crippen molar-refractivity contribution in [2.24, 2.45) is 5.41 Å². The van der Waals surface area contributed by atoms with E-state index in [9.17, 15) is 9.18 Å². The smallest absolute Gasteiger partial charge is 0.260 e. The summed E-state index contributed by atoms with van der Waals surface area (Å²) in [4.78, 5) is 20.7. The van der Waals surface area contributed by atoms with Crippen LogP contribution in [0.2, 0.25) is 0 Å². The molecule has 6 nitrogen and oxygen atoms in total. The third-order valence-electron chi connectivity index (χ3n) is 5.63. The van der Waals surface area contributed by atoms with E-state index in [1.165, 1.54) is 0 Å². The second-order valence-corrected chi connectivity index (χ2v) is 7.76. The number of anilines is 1. The maximum atomic E-state index is 14.3. The largest absolute Gasteiger partial charge is 0.379 e. The Hall–Kier alpha value is -2.20. The summed E-state index contributed by atoms with van der Waals surface area (Å²) < 4.78 is 20.1. The molecule has 0 bridgehead atoms. The summed E-state index contributed by atoms with van der Waals surface area (Å²) in [6.07, 6.45) is 2.49. The third-order valence-corrected chi connectivity index (χ3v) is 5.63. The maximum Gasteiger partial charge on any atom is 0.260 e. The number of alkyl halides is 1. The van der Waals surface area contributed by atoms with E-state index in [1.807, 2.05) is 12.1 Å². The summed E-state index contributed by atoms with van der Waals surface area (Å²) in [5.74, 6) is 0.401. The molecule has 1 atom stereocenters. The zero-order valence-corrected chi connectivity index (χ0v) is 14.8. The first-order valence-corrected chi connectivity index (χ1v) is 9.22. The van der Waals surface area contributed by atoms with Crippen LogP contribution in [0.25, 0.3) is 0 Å². The summed E-state index contributed by atoms with van der Waals surface area (Å²) in [5, 5.41) is 9.10. The van der Waals surface area contributed by atoms with E-state index >= 15 is 0 Å². The highest BCUT2D eigenvalue weighted by Crippen LogP contribution is 2.43. The highest BCUT2D eigenvalue weighted by atomic mass is 19.1. The van der Waals surface area contributed by atoms with Crippen LogP contribution < -0.4 is 4.90 Å². The van der Waals surface area contributed by atoms with Crippen LogP contribution in [0.4, 0.5) is 10.2 Å². The van der Waals surface area contributed by atoms with Crippen LogP contribution in [-0.4, -0.2) is 60.9 Å². The van der Waals surface area contributed by atoms with Crippen LogP contribution in [0.1, 0.15) is 31.4 Å². The fourth-order valence-corrected chi connectivity index (χ4v) is 4.09. The Morgan fingerprint density at radius 1 is 1.27 bits per heavy atom. The molecule has 3 aliphatic rings. The van der Waals surface area contributed by atoms with Gasteiger partial charge in [-0.25, -0.2) is 9.37 Å². The Morgan fingerprint density at radius 3 is 2.88 bits per heavy atom. The molecule has 7 heteroatoms. The molecule has 26 heavy (non-hydrogen) atoms. The van der Waals surface area contributed by atoms with Gasteiger partial charge in [0.25, 0.3) is 5.91 Å². The summed E-state index contributed by atoms with van der Waals surface area (Å²) in [6.45, 7) is 3.65. The van der Waals surface area contributed by atoms with Gasteiger partial charge in [0.05, 0.1) is 13.2 Å². The van der Waals surface area contributed by atoms with Gasteiger partial charge in [-0.3, -0.25) is 4.79 Å². The Bertz CT molecular complexity index is 745. The van der Waals surface area contributed by atoms with E-state index in [1.54, 1.807) is 11.0 Å². The van der Waals surface area contributed by atoms with Crippen molar-refractivity contribution in [3.05, 3.63) is 23.9 Å². The van der Waals surface area contributed by atoms with E-state index < -0.39 is 5.67 Å². The number of halogens is 1. The Kier molecular flexibility index (Phi) is 4.31. The van der Waals surface area contributed by atoms with Gasteiger partial charge in [-0.05, 0) is 37.8 Å². The number of pyridine rings is 1. The van der Waals surface area contributed by atoms with Crippen LogP contribution >= 0.6 is 0 Å². The monoisotopic (exact) mass is 358 g/mol. The fourth-order valence-electron chi connectivity index (χ4n) is 4.09. The highest BCUT2D eigenvalue weighted by molar-refractivity contribution is 5.88. The number of amides is 1. The van der Waals surface area contributed by atoms with Gasteiger partial charge in [-0.2, -0.15) is 5.26 Å². The number of rotatable bonds is 2. The van der Waals surface area contributed by atoms with Crippen molar-refractivity contribution >= 4 is 11.7 Å². The van der Waals surface area contributed by atoms with E-state index in [2.05, 4.69) is 16.0 Å². The van der Waals surface area contributed by atoms with Gasteiger partial charge in [0.2, 0.25) is 0 Å². The predicted octanol–water partition coefficient (Wildman–Crippen LogP) is 1.90. The van der Waals surface area contributed by atoms with E-state index in [0.29, 0.717) is 57.9 Å². The lowest BCUT2D eigenvalue weighted by molar-refractivity contribution is -0.142. The van der Waals surface area contributed by atoms with Crippen molar-refractivity contribution in [1.29, 1.82) is 5.26 Å². The number of nitriles is 1. The average Bonchev–Trinajstić information content (AvgIpc) is 3.45. The van der Waals surface area contributed by atoms with Gasteiger partial charge in [0, 0.05) is 31.6 Å². The quantitative estimate of drug-likeness (QED) is 0.808. The maximum absolute atomic E-state index is 14.3. The molecule has 4 rings (SSSR count). The van der Waals surface area contributed by atoms with E-state index in [-0.39, 0.29) is 11.3 Å². The van der Waals surface area contributed by atoms with Crippen molar-refractivity contribution in [3.8, 4) is 6.07 Å². The molecular formula is C19H23FN4O2. The van der Waals surface area contributed by atoms with Gasteiger partial charge in [-0.15, -0.1) is 0 Å². The van der Waals surface area contributed by atoms with Crippen molar-refractivity contribution < 1.29 is 13.9 Å². The number of likely N-dealkylation sites (tertiary alicyclic amines) is 1. The molecule has 0 radical (unpaired) electrons. The van der Waals surface area contributed by atoms with Crippen LogP contribution in [0.5, 0.6) is 0 Å². The second-order valence-electron chi connectivity index (χ2n) is 7.76. The van der Waals surface area contributed by atoms with Crippen LogP contribution in [0, 0.1) is 16.7 Å². The molecule has 1 amide bonds. The molecule has 0 aromatic carbocycles. The fraction of sp³-hybridized carbons (Fsp3) is 0.632. The van der Waals surface area contributed by atoms with Crippen LogP contribution in [0.3, 0.4) is 0 Å². The van der Waals surface area contributed by atoms with Crippen molar-refractivity contribution in [1.82, 2.24) is 9.88 Å². The SMILES string of the molecule is N#Cc1cccc(N2CCOCC3(CCCN(C(=O)C4(F)CC4)C3)C2)n1. The Balaban J connectivity index is 1.54. The van der Waals surface area contributed by atoms with Gasteiger partial charge >= 0.3 is 0 Å². The zero-order valence-electron chi connectivity index (χ0n) is 14.8. The predicted molar refractivity (Wildman–Crippen MR) is 93.3 cm³/mol. The summed E-state index contributed by atoms with van der Waals surface area (Å²) in [5.41, 5.74) is -1.46.